The van der Waals surface area contributed by atoms with E-state index in [1.165, 1.54) is 11.9 Å². The van der Waals surface area contributed by atoms with Crippen molar-refractivity contribution in [3.05, 3.63) is 41.0 Å². The number of nitrogens with zero attached hydrogens (tertiary/aromatic N) is 2. The minimum absolute atomic E-state index is 0.239. The molecule has 1 N–H and O–H groups in total. The maximum atomic E-state index is 12.5. The zero-order chi connectivity index (χ0) is 16.0. The molecule has 2 aromatic rings. The number of hydrogen-bond acceptors (Lipinski definition) is 4. The van der Waals surface area contributed by atoms with Gasteiger partial charge in [0.1, 0.15) is 0 Å². The van der Waals surface area contributed by atoms with E-state index in [-0.39, 0.29) is 11.8 Å². The smallest absolute Gasteiger partial charge is 0.261 e. The van der Waals surface area contributed by atoms with E-state index in [0.29, 0.717) is 17.7 Å². The van der Waals surface area contributed by atoms with Crippen LogP contribution in [0, 0.1) is 0 Å². The molecule has 0 unspecified atom stereocenters. The largest absolute Gasteiger partial charge is 0.387 e. The molecule has 2 aromatic carbocycles. The number of carbonyl (C=O) groups excluding carboxylic acids is 2. The Balaban J connectivity index is 2.41. The Labute approximate surface area is 129 Å². The molecule has 114 valence electrons. The van der Waals surface area contributed by atoms with Gasteiger partial charge in [-0.05, 0) is 31.8 Å². The van der Waals surface area contributed by atoms with Crippen LogP contribution in [0.3, 0.4) is 0 Å². The third-order valence-corrected chi connectivity index (χ3v) is 4.05. The third kappa shape index (κ3) is 1.97. The first-order chi connectivity index (χ1) is 10.5. The molecule has 0 fully saturated rings. The number of hydrogen-bond donors (Lipinski definition) is 1. The molecular formula is C17H19N3O2. The summed E-state index contributed by atoms with van der Waals surface area (Å²) < 4.78 is 0. The van der Waals surface area contributed by atoms with Crippen LogP contribution in [0.5, 0.6) is 0 Å². The average molecular weight is 297 g/mol. The summed E-state index contributed by atoms with van der Waals surface area (Å²) in [7, 11) is 7.37. The molecule has 0 aliphatic carbocycles. The van der Waals surface area contributed by atoms with Gasteiger partial charge < -0.3 is 10.2 Å². The molecule has 5 nitrogen and oxygen atoms in total. The molecule has 2 amide bonds. The minimum atomic E-state index is -0.245. The van der Waals surface area contributed by atoms with E-state index in [1.807, 2.05) is 39.3 Å². The number of rotatable bonds is 3. The van der Waals surface area contributed by atoms with Crippen molar-refractivity contribution in [1.82, 2.24) is 9.80 Å². The van der Waals surface area contributed by atoms with Crippen LogP contribution in [0.2, 0.25) is 0 Å². The molecular weight excluding hydrogens is 278 g/mol. The third-order valence-electron chi connectivity index (χ3n) is 4.05. The quantitative estimate of drug-likeness (QED) is 0.882. The zero-order valence-corrected chi connectivity index (χ0v) is 13.2. The molecule has 0 bridgehead atoms. The van der Waals surface area contributed by atoms with Gasteiger partial charge in [-0.3, -0.25) is 14.5 Å². The summed E-state index contributed by atoms with van der Waals surface area (Å²) in [5.74, 6) is -0.484. The summed E-state index contributed by atoms with van der Waals surface area (Å²) in [6, 6.07) is 7.51. The topological polar surface area (TPSA) is 52.7 Å². The summed E-state index contributed by atoms with van der Waals surface area (Å²) in [6.07, 6.45) is 0. The first kappa shape index (κ1) is 14.5. The van der Waals surface area contributed by atoms with Crippen molar-refractivity contribution < 1.29 is 9.59 Å². The molecule has 1 aliphatic rings. The highest BCUT2D eigenvalue weighted by Gasteiger charge is 2.31. The van der Waals surface area contributed by atoms with E-state index in [0.717, 1.165) is 22.0 Å². The van der Waals surface area contributed by atoms with Gasteiger partial charge in [0.05, 0.1) is 0 Å². The van der Waals surface area contributed by atoms with Gasteiger partial charge in [-0.15, -0.1) is 0 Å². The molecule has 0 saturated carbocycles. The first-order valence-electron chi connectivity index (χ1n) is 7.19. The summed E-state index contributed by atoms with van der Waals surface area (Å²) >= 11 is 0. The Morgan fingerprint density at radius 2 is 1.82 bits per heavy atom. The van der Waals surface area contributed by atoms with Gasteiger partial charge in [-0.2, -0.15) is 0 Å². The molecule has 0 radical (unpaired) electrons. The highest BCUT2D eigenvalue weighted by Crippen LogP contribution is 2.36. The van der Waals surface area contributed by atoms with E-state index < -0.39 is 0 Å². The van der Waals surface area contributed by atoms with Crippen LogP contribution in [0.1, 0.15) is 26.3 Å². The van der Waals surface area contributed by atoms with Crippen molar-refractivity contribution in [1.29, 1.82) is 0 Å². The van der Waals surface area contributed by atoms with E-state index >= 15 is 0 Å². The Kier molecular flexibility index (Phi) is 3.37. The predicted octanol–water partition coefficient (Wildman–Crippen LogP) is 2.17. The molecule has 0 spiro atoms. The Hall–Kier alpha value is -2.40. The van der Waals surface area contributed by atoms with E-state index in [4.69, 9.17) is 0 Å². The SMILES string of the molecule is CNc1c(CN(C)C)cc2c3c(cccc13)C(=O)N(C)C2=O. The number of imide groups is 1. The van der Waals surface area contributed by atoms with Gasteiger partial charge >= 0.3 is 0 Å². The normalized spacial score (nSPS) is 14.1. The molecule has 1 heterocycles. The fourth-order valence-electron chi connectivity index (χ4n) is 3.10. The second-order valence-corrected chi connectivity index (χ2v) is 5.84. The Morgan fingerprint density at radius 1 is 1.14 bits per heavy atom. The first-order valence-corrected chi connectivity index (χ1v) is 7.19. The predicted molar refractivity (Wildman–Crippen MR) is 87.3 cm³/mol. The standard InChI is InChI=1S/C17H19N3O2/c1-18-15-10(9-19(2)3)8-13-14-11(15)6-5-7-12(14)16(21)20(4)17(13)22/h5-8,18H,9H2,1-4H3. The average Bonchev–Trinajstić information content (AvgIpc) is 2.49. The van der Waals surface area contributed by atoms with Gasteiger partial charge in [0.2, 0.25) is 0 Å². The van der Waals surface area contributed by atoms with Crippen LogP contribution in [0.15, 0.2) is 24.3 Å². The summed E-state index contributed by atoms with van der Waals surface area (Å²) in [4.78, 5) is 28.1. The zero-order valence-electron chi connectivity index (χ0n) is 13.2. The Bertz CT molecular complexity index is 796. The lowest BCUT2D eigenvalue weighted by Crippen LogP contribution is -2.37. The van der Waals surface area contributed by atoms with E-state index in [9.17, 15) is 9.59 Å². The Morgan fingerprint density at radius 3 is 2.45 bits per heavy atom. The fraction of sp³-hybridized carbons (Fsp3) is 0.294. The molecule has 22 heavy (non-hydrogen) atoms. The van der Waals surface area contributed by atoms with Crippen LogP contribution in [0.4, 0.5) is 5.69 Å². The number of anilines is 1. The lowest BCUT2D eigenvalue weighted by atomic mass is 9.90. The summed E-state index contributed by atoms with van der Waals surface area (Å²) in [5.41, 5.74) is 3.20. The van der Waals surface area contributed by atoms with Crippen molar-refractivity contribution in [2.45, 2.75) is 6.54 Å². The van der Waals surface area contributed by atoms with Gasteiger partial charge in [0.25, 0.3) is 11.8 Å². The number of benzene rings is 2. The monoisotopic (exact) mass is 297 g/mol. The van der Waals surface area contributed by atoms with Crippen molar-refractivity contribution in [2.24, 2.45) is 0 Å². The van der Waals surface area contributed by atoms with Gasteiger partial charge in [-0.1, -0.05) is 12.1 Å². The molecule has 3 rings (SSSR count). The van der Waals surface area contributed by atoms with Crippen LogP contribution < -0.4 is 5.32 Å². The van der Waals surface area contributed by atoms with Crippen molar-refractivity contribution in [3.63, 3.8) is 0 Å². The van der Waals surface area contributed by atoms with Crippen molar-refractivity contribution in [2.75, 3.05) is 33.5 Å². The molecule has 0 aromatic heterocycles. The molecule has 0 atom stereocenters. The van der Waals surface area contributed by atoms with Crippen LogP contribution in [-0.2, 0) is 6.54 Å². The lowest BCUT2D eigenvalue weighted by molar-refractivity contribution is 0.0650. The molecule has 1 aliphatic heterocycles. The van der Waals surface area contributed by atoms with Crippen LogP contribution >= 0.6 is 0 Å². The molecule has 0 saturated heterocycles. The van der Waals surface area contributed by atoms with Crippen molar-refractivity contribution in [3.8, 4) is 0 Å². The van der Waals surface area contributed by atoms with Crippen LogP contribution in [-0.4, -0.2) is 49.8 Å². The second kappa shape index (κ2) is 5.10. The molecule has 5 heteroatoms. The number of nitrogens with one attached hydrogen (secondary N) is 1. The fourth-order valence-corrected chi connectivity index (χ4v) is 3.10. The number of carbonyl (C=O) groups is 2. The highest BCUT2D eigenvalue weighted by atomic mass is 16.2. The summed E-state index contributed by atoms with van der Waals surface area (Å²) in [5, 5.41) is 4.90. The summed E-state index contributed by atoms with van der Waals surface area (Å²) in [6.45, 7) is 0.717. The lowest BCUT2D eigenvalue weighted by Gasteiger charge is -2.26. The van der Waals surface area contributed by atoms with Gasteiger partial charge in [-0.25, -0.2) is 0 Å². The van der Waals surface area contributed by atoms with Gasteiger partial charge in [0.15, 0.2) is 0 Å². The minimum Gasteiger partial charge on any atom is -0.387 e. The number of amides is 2. The second-order valence-electron chi connectivity index (χ2n) is 5.84. The maximum Gasteiger partial charge on any atom is 0.261 e. The highest BCUT2D eigenvalue weighted by molar-refractivity contribution is 6.26. The van der Waals surface area contributed by atoms with E-state index in [2.05, 4.69) is 10.2 Å². The van der Waals surface area contributed by atoms with Crippen molar-refractivity contribution >= 4 is 28.3 Å². The maximum absolute atomic E-state index is 12.5. The van der Waals surface area contributed by atoms with Crippen LogP contribution in [0.25, 0.3) is 10.8 Å². The van der Waals surface area contributed by atoms with E-state index in [1.54, 1.807) is 6.07 Å². The van der Waals surface area contributed by atoms with Gasteiger partial charge in [0, 0.05) is 48.2 Å².